The Kier molecular flexibility index (Phi) is 6.12. The monoisotopic (exact) mass is 365 g/mol. The molecule has 0 saturated carbocycles. The first kappa shape index (κ1) is 19.0. The predicted octanol–water partition coefficient (Wildman–Crippen LogP) is 3.92. The second kappa shape index (κ2) is 8.71. The standard InChI is InChI=1S/C22H27N3O2/c1-16(2)25-20-7-5-4-6-19(20)24-21(25)14-15-23-22(26)13-10-17-8-11-18(27-3)12-9-17/h4-9,11-12,16H,10,13-15H2,1-3H3,(H,23,26). The maximum absolute atomic E-state index is 12.2. The molecule has 0 saturated heterocycles. The van der Waals surface area contributed by atoms with Crippen molar-refractivity contribution in [1.82, 2.24) is 14.9 Å². The summed E-state index contributed by atoms with van der Waals surface area (Å²) in [5.41, 5.74) is 3.29. The minimum atomic E-state index is 0.0676. The number of aryl methyl sites for hydroxylation is 1. The quantitative estimate of drug-likeness (QED) is 0.658. The number of ether oxygens (including phenoxy) is 1. The number of aromatic nitrogens is 2. The molecule has 0 radical (unpaired) electrons. The van der Waals surface area contributed by atoms with Gasteiger partial charge in [-0.15, -0.1) is 0 Å². The molecule has 5 nitrogen and oxygen atoms in total. The van der Waals surface area contributed by atoms with Crippen LogP contribution in [0.1, 0.15) is 37.7 Å². The van der Waals surface area contributed by atoms with Crippen molar-refractivity contribution in [2.75, 3.05) is 13.7 Å². The molecule has 3 aromatic rings. The van der Waals surface area contributed by atoms with Crippen LogP contribution >= 0.6 is 0 Å². The maximum atomic E-state index is 12.2. The van der Waals surface area contributed by atoms with Gasteiger partial charge in [0.1, 0.15) is 11.6 Å². The third-order valence-electron chi connectivity index (χ3n) is 4.66. The number of rotatable bonds is 8. The van der Waals surface area contributed by atoms with Crippen molar-refractivity contribution in [1.29, 1.82) is 0 Å². The minimum Gasteiger partial charge on any atom is -0.497 e. The number of nitrogens with zero attached hydrogens (tertiary/aromatic N) is 2. The number of nitrogens with one attached hydrogen (secondary N) is 1. The van der Waals surface area contributed by atoms with Gasteiger partial charge >= 0.3 is 0 Å². The molecule has 5 heteroatoms. The van der Waals surface area contributed by atoms with E-state index in [0.717, 1.165) is 41.0 Å². The Balaban J connectivity index is 1.52. The van der Waals surface area contributed by atoms with Crippen LogP contribution < -0.4 is 10.1 Å². The van der Waals surface area contributed by atoms with E-state index in [1.165, 1.54) is 0 Å². The largest absolute Gasteiger partial charge is 0.497 e. The number of carbonyl (C=O) groups is 1. The van der Waals surface area contributed by atoms with Gasteiger partial charge in [0.25, 0.3) is 0 Å². The third-order valence-corrected chi connectivity index (χ3v) is 4.66. The van der Waals surface area contributed by atoms with E-state index in [-0.39, 0.29) is 5.91 Å². The van der Waals surface area contributed by atoms with E-state index in [1.807, 2.05) is 42.5 Å². The number of fused-ring (bicyclic) bond motifs is 1. The van der Waals surface area contributed by atoms with Crippen molar-refractivity contribution in [2.45, 2.75) is 39.2 Å². The van der Waals surface area contributed by atoms with Crippen LogP contribution in [0.5, 0.6) is 5.75 Å². The van der Waals surface area contributed by atoms with Gasteiger partial charge < -0.3 is 14.6 Å². The van der Waals surface area contributed by atoms with Gasteiger partial charge in [0.05, 0.1) is 18.1 Å². The van der Waals surface area contributed by atoms with Crippen molar-refractivity contribution in [3.8, 4) is 5.75 Å². The van der Waals surface area contributed by atoms with E-state index >= 15 is 0 Å². The molecule has 0 aliphatic rings. The number of benzene rings is 2. The fourth-order valence-electron chi connectivity index (χ4n) is 3.30. The van der Waals surface area contributed by atoms with Crippen LogP contribution in [-0.4, -0.2) is 29.1 Å². The molecule has 142 valence electrons. The molecule has 0 aliphatic carbocycles. The normalized spacial score (nSPS) is 11.1. The molecule has 2 aromatic carbocycles. The van der Waals surface area contributed by atoms with Crippen LogP contribution in [-0.2, 0) is 17.6 Å². The lowest BCUT2D eigenvalue weighted by atomic mass is 10.1. The van der Waals surface area contributed by atoms with Crippen LogP contribution in [0.15, 0.2) is 48.5 Å². The molecular formula is C22H27N3O2. The highest BCUT2D eigenvalue weighted by Gasteiger charge is 2.13. The van der Waals surface area contributed by atoms with E-state index < -0.39 is 0 Å². The van der Waals surface area contributed by atoms with Crippen molar-refractivity contribution in [3.05, 3.63) is 59.9 Å². The summed E-state index contributed by atoms with van der Waals surface area (Å²) >= 11 is 0. The molecule has 1 aromatic heterocycles. The van der Waals surface area contributed by atoms with Crippen LogP contribution in [0.2, 0.25) is 0 Å². The first-order valence-electron chi connectivity index (χ1n) is 9.44. The molecule has 0 fully saturated rings. The predicted molar refractivity (Wildman–Crippen MR) is 108 cm³/mol. The van der Waals surface area contributed by atoms with Crippen LogP contribution in [0.3, 0.4) is 0 Å². The van der Waals surface area contributed by atoms with Crippen LogP contribution in [0, 0.1) is 0 Å². The number of methoxy groups -OCH3 is 1. The fraction of sp³-hybridized carbons (Fsp3) is 0.364. The Morgan fingerprint density at radius 3 is 2.56 bits per heavy atom. The highest BCUT2D eigenvalue weighted by Crippen LogP contribution is 2.21. The summed E-state index contributed by atoms with van der Waals surface area (Å²) in [6.07, 6.45) is 1.92. The maximum Gasteiger partial charge on any atom is 0.220 e. The summed E-state index contributed by atoms with van der Waals surface area (Å²) in [7, 11) is 1.65. The van der Waals surface area contributed by atoms with Gasteiger partial charge in [-0.05, 0) is 50.1 Å². The van der Waals surface area contributed by atoms with E-state index in [1.54, 1.807) is 7.11 Å². The fourth-order valence-corrected chi connectivity index (χ4v) is 3.30. The second-order valence-electron chi connectivity index (χ2n) is 6.93. The molecular weight excluding hydrogens is 338 g/mol. The SMILES string of the molecule is COc1ccc(CCC(=O)NCCc2nc3ccccc3n2C(C)C)cc1. The van der Waals surface area contributed by atoms with Gasteiger partial charge in [0.2, 0.25) is 5.91 Å². The first-order chi connectivity index (χ1) is 13.1. The van der Waals surface area contributed by atoms with Crippen molar-refractivity contribution >= 4 is 16.9 Å². The lowest BCUT2D eigenvalue weighted by Gasteiger charge is -2.13. The molecule has 1 amide bonds. The summed E-state index contributed by atoms with van der Waals surface area (Å²) in [5, 5.41) is 3.02. The van der Waals surface area contributed by atoms with Crippen LogP contribution in [0.25, 0.3) is 11.0 Å². The van der Waals surface area contributed by atoms with Gasteiger partial charge in [-0.2, -0.15) is 0 Å². The second-order valence-corrected chi connectivity index (χ2v) is 6.93. The average Bonchev–Trinajstić information content (AvgIpc) is 3.05. The highest BCUT2D eigenvalue weighted by atomic mass is 16.5. The van der Waals surface area contributed by atoms with Gasteiger partial charge in [-0.25, -0.2) is 4.98 Å². The number of hydrogen-bond acceptors (Lipinski definition) is 3. The van der Waals surface area contributed by atoms with E-state index in [2.05, 4.69) is 29.8 Å². The number of hydrogen-bond donors (Lipinski definition) is 1. The number of imidazole rings is 1. The van der Waals surface area contributed by atoms with Gasteiger partial charge in [-0.3, -0.25) is 4.79 Å². The smallest absolute Gasteiger partial charge is 0.220 e. The Morgan fingerprint density at radius 1 is 1.11 bits per heavy atom. The lowest BCUT2D eigenvalue weighted by molar-refractivity contribution is -0.121. The van der Waals surface area contributed by atoms with Gasteiger partial charge in [0.15, 0.2) is 0 Å². The third kappa shape index (κ3) is 4.67. The minimum absolute atomic E-state index is 0.0676. The molecule has 1 heterocycles. The van der Waals surface area contributed by atoms with Crippen molar-refractivity contribution < 1.29 is 9.53 Å². The zero-order valence-corrected chi connectivity index (χ0v) is 16.2. The number of para-hydroxylation sites is 2. The Bertz CT molecular complexity index is 898. The Morgan fingerprint density at radius 2 is 1.85 bits per heavy atom. The molecule has 1 N–H and O–H groups in total. The summed E-state index contributed by atoms with van der Waals surface area (Å²) < 4.78 is 7.40. The zero-order valence-electron chi connectivity index (χ0n) is 16.2. The summed E-state index contributed by atoms with van der Waals surface area (Å²) in [6.45, 7) is 4.91. The molecule has 3 rings (SSSR count). The number of amides is 1. The average molecular weight is 365 g/mol. The summed E-state index contributed by atoms with van der Waals surface area (Å²) in [6, 6.07) is 16.3. The van der Waals surface area contributed by atoms with Crippen molar-refractivity contribution in [3.63, 3.8) is 0 Å². The molecule has 0 bridgehead atoms. The molecule has 27 heavy (non-hydrogen) atoms. The van der Waals surface area contributed by atoms with Gasteiger partial charge in [-0.1, -0.05) is 24.3 Å². The van der Waals surface area contributed by atoms with Crippen LogP contribution in [0.4, 0.5) is 0 Å². The number of carbonyl (C=O) groups excluding carboxylic acids is 1. The van der Waals surface area contributed by atoms with E-state index in [0.29, 0.717) is 19.0 Å². The van der Waals surface area contributed by atoms with E-state index in [4.69, 9.17) is 9.72 Å². The summed E-state index contributed by atoms with van der Waals surface area (Å²) in [5.74, 6) is 1.91. The topological polar surface area (TPSA) is 56.1 Å². The highest BCUT2D eigenvalue weighted by molar-refractivity contribution is 5.77. The first-order valence-corrected chi connectivity index (χ1v) is 9.44. The Hall–Kier alpha value is -2.82. The molecule has 0 aliphatic heterocycles. The molecule has 0 unspecified atom stereocenters. The molecule has 0 atom stereocenters. The van der Waals surface area contributed by atoms with Crippen molar-refractivity contribution in [2.24, 2.45) is 0 Å². The molecule has 0 spiro atoms. The summed E-state index contributed by atoms with van der Waals surface area (Å²) in [4.78, 5) is 16.9. The van der Waals surface area contributed by atoms with Gasteiger partial charge in [0, 0.05) is 25.4 Å². The lowest BCUT2D eigenvalue weighted by Crippen LogP contribution is -2.26. The Labute approximate surface area is 160 Å². The van der Waals surface area contributed by atoms with E-state index in [9.17, 15) is 4.79 Å². The zero-order chi connectivity index (χ0) is 19.2.